The fourth-order valence-electron chi connectivity index (χ4n) is 5.44. The van der Waals surface area contributed by atoms with Gasteiger partial charge in [0.25, 0.3) is 0 Å². The van der Waals surface area contributed by atoms with E-state index in [4.69, 9.17) is 5.10 Å². The van der Waals surface area contributed by atoms with Crippen LogP contribution in [0.25, 0.3) is 11.3 Å². The van der Waals surface area contributed by atoms with Gasteiger partial charge in [-0.3, -0.25) is 4.68 Å². The average Bonchev–Trinajstić information content (AvgIpc) is 3.23. The highest BCUT2D eigenvalue weighted by molar-refractivity contribution is 7.99. The number of benzene rings is 1. The molecule has 0 saturated carbocycles. The summed E-state index contributed by atoms with van der Waals surface area (Å²) < 4.78 is 94.4. The number of hydrogen-bond acceptors (Lipinski definition) is 8. The first-order valence-electron chi connectivity index (χ1n) is 14.1. The lowest BCUT2D eigenvalue weighted by Crippen LogP contribution is -2.42. The standard InChI is InChI=1S/C27H40F3N5O5S3/c1-26(2)8-12-33(13-9-26)16-20(36)17-35-23-7-11-34(43(4,39)40)18-21(23)25(32-35)19-5-6-22(27(28,29)30)24(15-19)41-14-10-31-42(3,37)38/h5-6,15,20,31,36H,7-14,16-18H2,1-4H3. The number of thioether (sulfide) groups is 1. The summed E-state index contributed by atoms with van der Waals surface area (Å²) in [7, 11) is -7.03. The number of sulfonamides is 2. The minimum atomic E-state index is -4.63. The Balaban J connectivity index is 1.65. The molecule has 242 valence electrons. The lowest BCUT2D eigenvalue weighted by atomic mass is 9.82. The van der Waals surface area contributed by atoms with Crippen LogP contribution in [0.3, 0.4) is 0 Å². The van der Waals surface area contributed by atoms with Gasteiger partial charge in [-0.1, -0.05) is 19.9 Å². The van der Waals surface area contributed by atoms with E-state index in [1.807, 2.05) is 0 Å². The van der Waals surface area contributed by atoms with Crippen molar-refractivity contribution >= 4 is 31.8 Å². The molecule has 4 rings (SSSR count). The van der Waals surface area contributed by atoms with Gasteiger partial charge in [0, 0.05) is 60.1 Å². The normalized spacial score (nSPS) is 19.3. The molecule has 1 aromatic carbocycles. The summed E-state index contributed by atoms with van der Waals surface area (Å²) in [5, 5.41) is 15.7. The second-order valence-corrected chi connectivity index (χ2v) is 17.1. The summed E-state index contributed by atoms with van der Waals surface area (Å²) in [5.74, 6) is 0.0634. The van der Waals surface area contributed by atoms with Crippen molar-refractivity contribution in [2.75, 3.05) is 51.0 Å². The van der Waals surface area contributed by atoms with E-state index in [1.165, 1.54) is 16.4 Å². The van der Waals surface area contributed by atoms with Crippen LogP contribution in [0.15, 0.2) is 23.1 Å². The second kappa shape index (κ2) is 13.0. The molecule has 0 bridgehead atoms. The zero-order valence-corrected chi connectivity index (χ0v) is 27.3. The third-order valence-electron chi connectivity index (χ3n) is 7.91. The van der Waals surface area contributed by atoms with Crippen molar-refractivity contribution in [2.45, 2.75) is 63.4 Å². The number of piperidine rings is 1. The minimum Gasteiger partial charge on any atom is -0.390 e. The van der Waals surface area contributed by atoms with Gasteiger partial charge in [-0.2, -0.15) is 22.6 Å². The Morgan fingerprint density at radius 2 is 1.77 bits per heavy atom. The number of nitrogens with one attached hydrogen (secondary N) is 1. The number of hydrogen-bond donors (Lipinski definition) is 2. The van der Waals surface area contributed by atoms with Crippen LogP contribution in [-0.2, 0) is 45.7 Å². The largest absolute Gasteiger partial charge is 0.417 e. The van der Waals surface area contributed by atoms with Crippen LogP contribution in [0, 0.1) is 5.41 Å². The third kappa shape index (κ3) is 9.17. The summed E-state index contributed by atoms with van der Waals surface area (Å²) in [4.78, 5) is 2.13. The molecule has 2 aliphatic rings. The molecule has 3 heterocycles. The molecule has 0 spiro atoms. The van der Waals surface area contributed by atoms with E-state index in [1.54, 1.807) is 4.68 Å². The Morgan fingerprint density at radius 3 is 2.37 bits per heavy atom. The molecule has 1 saturated heterocycles. The van der Waals surface area contributed by atoms with Crippen molar-refractivity contribution in [3.63, 3.8) is 0 Å². The number of likely N-dealkylation sites (tertiary alicyclic amines) is 1. The first-order chi connectivity index (χ1) is 19.8. The predicted molar refractivity (Wildman–Crippen MR) is 161 cm³/mol. The van der Waals surface area contributed by atoms with Crippen LogP contribution in [0.1, 0.15) is 43.5 Å². The molecule has 2 aliphatic heterocycles. The van der Waals surface area contributed by atoms with Gasteiger partial charge >= 0.3 is 6.18 Å². The Kier molecular flexibility index (Phi) is 10.3. The zero-order chi connectivity index (χ0) is 31.8. The maximum absolute atomic E-state index is 13.9. The van der Waals surface area contributed by atoms with Crippen LogP contribution in [0.4, 0.5) is 13.2 Å². The molecule has 0 radical (unpaired) electrons. The fourth-order valence-corrected chi connectivity index (χ4v) is 7.80. The van der Waals surface area contributed by atoms with Gasteiger partial charge in [0.05, 0.1) is 36.4 Å². The highest BCUT2D eigenvalue weighted by atomic mass is 32.2. The second-order valence-electron chi connectivity index (χ2n) is 12.1. The maximum Gasteiger partial charge on any atom is 0.417 e. The molecular formula is C27H40F3N5O5S3. The Morgan fingerprint density at radius 1 is 1.09 bits per heavy atom. The third-order valence-corrected chi connectivity index (χ3v) is 10.9. The van der Waals surface area contributed by atoms with Gasteiger partial charge in [-0.15, -0.1) is 11.8 Å². The lowest BCUT2D eigenvalue weighted by Gasteiger charge is -2.37. The van der Waals surface area contributed by atoms with Crippen LogP contribution < -0.4 is 4.72 Å². The van der Waals surface area contributed by atoms with Gasteiger partial charge in [-0.25, -0.2) is 21.6 Å². The van der Waals surface area contributed by atoms with Gasteiger partial charge < -0.3 is 10.0 Å². The van der Waals surface area contributed by atoms with Crippen LogP contribution in [0.2, 0.25) is 0 Å². The van der Waals surface area contributed by atoms with Gasteiger partial charge in [0.1, 0.15) is 0 Å². The molecule has 0 aliphatic carbocycles. The quantitative estimate of drug-likeness (QED) is 0.277. The van der Waals surface area contributed by atoms with Crippen molar-refractivity contribution in [3.8, 4) is 11.3 Å². The summed E-state index contributed by atoms with van der Waals surface area (Å²) >= 11 is 0.869. The monoisotopic (exact) mass is 667 g/mol. The molecule has 1 aromatic heterocycles. The molecular weight excluding hydrogens is 628 g/mol. The smallest absolute Gasteiger partial charge is 0.390 e. The van der Waals surface area contributed by atoms with E-state index >= 15 is 0 Å². The number of rotatable bonds is 11. The van der Waals surface area contributed by atoms with Crippen LogP contribution >= 0.6 is 11.8 Å². The first kappa shape index (κ1) is 34.2. The maximum atomic E-state index is 13.9. The molecule has 10 nitrogen and oxygen atoms in total. The molecule has 2 N–H and O–H groups in total. The summed E-state index contributed by atoms with van der Waals surface area (Å²) in [6.07, 6.45) is -0.884. The molecule has 16 heteroatoms. The van der Waals surface area contributed by atoms with Crippen molar-refractivity contribution in [3.05, 3.63) is 35.0 Å². The van der Waals surface area contributed by atoms with Crippen molar-refractivity contribution in [1.29, 1.82) is 0 Å². The lowest BCUT2D eigenvalue weighted by molar-refractivity contribution is -0.139. The van der Waals surface area contributed by atoms with Gasteiger partial charge in [0.15, 0.2) is 0 Å². The van der Waals surface area contributed by atoms with Crippen molar-refractivity contribution in [1.82, 2.24) is 23.7 Å². The Bertz CT molecular complexity index is 1520. The number of fused-ring (bicyclic) bond motifs is 1. The summed E-state index contributed by atoms with van der Waals surface area (Å²) in [6.45, 7) is 7.04. The Hall–Kier alpha value is -1.69. The van der Waals surface area contributed by atoms with Gasteiger partial charge in [-0.05, 0) is 43.5 Å². The average molecular weight is 668 g/mol. The topological polar surface area (TPSA) is 125 Å². The number of aliphatic hydroxyl groups is 1. The van der Waals surface area contributed by atoms with E-state index in [0.29, 0.717) is 29.8 Å². The molecule has 43 heavy (non-hydrogen) atoms. The zero-order valence-electron chi connectivity index (χ0n) is 24.8. The van der Waals surface area contributed by atoms with E-state index in [9.17, 15) is 35.1 Å². The molecule has 1 unspecified atom stereocenters. The number of halogens is 3. The SMILES string of the molecule is CC1(C)CCN(CC(O)Cn2nc(-c3ccc(C(F)(F)F)c(SCCNS(C)(=O)=O)c3)c3c2CCN(S(C)(=O)=O)C3)CC1. The summed E-state index contributed by atoms with van der Waals surface area (Å²) in [6, 6.07) is 3.66. The van der Waals surface area contributed by atoms with Gasteiger partial charge in [0.2, 0.25) is 20.0 Å². The number of aliphatic hydroxyl groups excluding tert-OH is 1. The number of alkyl halides is 3. The predicted octanol–water partition coefficient (Wildman–Crippen LogP) is 3.01. The molecule has 1 fully saturated rings. The number of nitrogens with zero attached hydrogens (tertiary/aromatic N) is 4. The molecule has 1 atom stereocenters. The Labute approximate surface area is 256 Å². The van der Waals surface area contributed by atoms with Crippen LogP contribution in [0.5, 0.6) is 0 Å². The fraction of sp³-hybridized carbons (Fsp3) is 0.667. The first-order valence-corrected chi connectivity index (χ1v) is 18.8. The van der Waals surface area contributed by atoms with E-state index in [-0.39, 0.29) is 42.2 Å². The van der Waals surface area contributed by atoms with Crippen LogP contribution in [-0.4, -0.2) is 98.0 Å². The molecule has 2 aromatic rings. The summed E-state index contributed by atoms with van der Waals surface area (Å²) in [5.41, 5.74) is 1.50. The van der Waals surface area contributed by atoms with Crippen molar-refractivity contribution < 1.29 is 35.1 Å². The van der Waals surface area contributed by atoms with E-state index < -0.39 is 37.9 Å². The number of aromatic nitrogens is 2. The van der Waals surface area contributed by atoms with Crippen molar-refractivity contribution in [2.24, 2.45) is 5.41 Å². The highest BCUT2D eigenvalue weighted by Crippen LogP contribution is 2.40. The highest BCUT2D eigenvalue weighted by Gasteiger charge is 2.35. The molecule has 0 amide bonds. The minimum absolute atomic E-state index is 0.0164. The van der Waals surface area contributed by atoms with E-state index in [0.717, 1.165) is 62.0 Å². The van der Waals surface area contributed by atoms with E-state index in [2.05, 4.69) is 23.5 Å². The number of β-amino-alcohol motifs (C(OH)–C–C–N with tert-alkyl or cyclic N) is 1.